The smallest absolute Gasteiger partial charge is 0.389 e. The summed E-state index contributed by atoms with van der Waals surface area (Å²) in [6, 6.07) is 0. The van der Waals surface area contributed by atoms with E-state index in [0.717, 1.165) is 18.1 Å². The summed E-state index contributed by atoms with van der Waals surface area (Å²) in [6.07, 6.45) is -6.05. The van der Waals surface area contributed by atoms with Gasteiger partial charge in [-0.25, -0.2) is 28.9 Å². The molecule has 3 aliphatic rings. The predicted molar refractivity (Wildman–Crippen MR) is 156 cm³/mol. The van der Waals surface area contributed by atoms with Crippen LogP contribution in [0.2, 0.25) is 0 Å². The van der Waals surface area contributed by atoms with Crippen molar-refractivity contribution in [2.45, 2.75) is 47.4 Å². The van der Waals surface area contributed by atoms with Crippen molar-refractivity contribution >= 4 is 72.2 Å². The first-order valence-corrected chi connectivity index (χ1v) is 17.9. The zero-order chi connectivity index (χ0) is 31.8. The number of halogens is 1. The Kier molecular flexibility index (Phi) is 7.74. The predicted octanol–water partition coefficient (Wildman–Crippen LogP) is -0.531. The summed E-state index contributed by atoms with van der Waals surface area (Å²) in [5.41, 5.74) is 11.2. The van der Waals surface area contributed by atoms with Crippen LogP contribution in [0, 0.1) is 0 Å². The Bertz CT molecular complexity index is 1950. The highest BCUT2D eigenvalue weighted by Crippen LogP contribution is 2.56. The highest BCUT2D eigenvalue weighted by Gasteiger charge is 2.53. The number of aliphatic hydroxyl groups is 1. The molecule has 242 valence electrons. The molecular weight excluding hydrogens is 685 g/mol. The van der Waals surface area contributed by atoms with Gasteiger partial charge in [0, 0.05) is 0 Å². The lowest BCUT2D eigenvalue weighted by Crippen LogP contribution is -2.35. The topological polar surface area (TPSA) is 283 Å². The summed E-state index contributed by atoms with van der Waals surface area (Å²) in [5.74, 6) is -0.176. The first kappa shape index (κ1) is 31.0. The summed E-state index contributed by atoms with van der Waals surface area (Å²) < 4.78 is 59.1. The van der Waals surface area contributed by atoms with Crippen LogP contribution in [0.3, 0.4) is 0 Å². The van der Waals surface area contributed by atoms with E-state index in [1.165, 1.54) is 21.8 Å². The minimum atomic E-state index is -5.03. The van der Waals surface area contributed by atoms with E-state index in [0.29, 0.717) is 0 Å². The number of aliphatic hydroxyl groups excluding tert-OH is 1. The summed E-state index contributed by atoms with van der Waals surface area (Å²) >= 11 is 6.20. The molecule has 25 heteroatoms. The fraction of sp³-hybridized carbons (Fsp3) is 0.500. The third kappa shape index (κ3) is 5.55. The van der Waals surface area contributed by atoms with Gasteiger partial charge in [-0.15, -0.1) is 11.8 Å². The maximum Gasteiger partial charge on any atom is 0.472 e. The number of rotatable bonds is 2. The number of imidazole rings is 2. The van der Waals surface area contributed by atoms with Crippen molar-refractivity contribution in [2.24, 2.45) is 0 Å². The van der Waals surface area contributed by atoms with Crippen LogP contribution in [-0.2, 0) is 39.2 Å². The Morgan fingerprint density at radius 1 is 1.04 bits per heavy atom. The SMILES string of the molecule is Nc1nc2c(ncn2[C@@H]2S[C@@H]3COP(=O)(O)O[C@H]4[C@H](F)[C@H](n5cnc6c(N)ncnc65)O[C@@H]4COP(O)(=S)O[C@@H]2[C@@H]3O)c(=O)[nH]1. The monoisotopic (exact) mass is 708 g/mol. The first-order valence-electron chi connectivity index (χ1n) is 12.9. The van der Waals surface area contributed by atoms with Crippen molar-refractivity contribution in [3.8, 4) is 0 Å². The van der Waals surface area contributed by atoms with Crippen molar-refractivity contribution in [3.05, 3.63) is 29.3 Å². The van der Waals surface area contributed by atoms with Crippen molar-refractivity contribution in [3.63, 3.8) is 0 Å². The van der Waals surface area contributed by atoms with Crippen LogP contribution in [0.4, 0.5) is 16.2 Å². The molecule has 45 heavy (non-hydrogen) atoms. The molecule has 0 spiro atoms. The molecule has 3 aliphatic heterocycles. The van der Waals surface area contributed by atoms with Gasteiger partial charge in [0.1, 0.15) is 35.5 Å². The van der Waals surface area contributed by atoms with E-state index in [9.17, 15) is 24.3 Å². The van der Waals surface area contributed by atoms with Gasteiger partial charge in [-0.2, -0.15) is 4.98 Å². The van der Waals surface area contributed by atoms with Crippen LogP contribution < -0.4 is 17.0 Å². The molecule has 0 radical (unpaired) electrons. The zero-order valence-electron chi connectivity index (χ0n) is 22.3. The standard InChI is InChI=1S/C20H23FN10O10P2S2/c21-8-12-6(39-18(8)30-4-26-9-14(22)24-3-25-15(9)30)1-38-43(36,44)41-13-11(32)7(2-37-42(34,35)40-12)45-19(13)31-5-27-10-16(31)28-20(23)29-17(10)33/h3-8,11-13,18-19,32H,1-2H2,(H,34,35)(H,36,44)(H2,22,24,25)(H3,23,28,29,33)/t6-,7-,8+,11-,12-,13-,18-,19-,43?/m1/s1. The molecule has 2 unspecified atom stereocenters. The van der Waals surface area contributed by atoms with Gasteiger partial charge in [-0.05, 0) is 11.8 Å². The maximum absolute atomic E-state index is 15.9. The van der Waals surface area contributed by atoms with Crippen LogP contribution in [0.25, 0.3) is 22.3 Å². The third-order valence-corrected chi connectivity index (χ3v) is 11.4. The number of aromatic amines is 1. The Labute approximate surface area is 259 Å². The van der Waals surface area contributed by atoms with Gasteiger partial charge in [-0.3, -0.25) is 32.5 Å². The molecule has 4 aromatic heterocycles. The fourth-order valence-corrected chi connectivity index (χ4v) is 9.32. The number of nitrogen functional groups attached to an aromatic ring is 2. The second kappa shape index (κ2) is 11.2. The molecule has 4 aromatic rings. The van der Waals surface area contributed by atoms with Crippen LogP contribution in [0.15, 0.2) is 23.8 Å². The van der Waals surface area contributed by atoms with Crippen molar-refractivity contribution in [1.29, 1.82) is 0 Å². The molecular formula is C20H23FN10O10P2S2. The van der Waals surface area contributed by atoms with Crippen LogP contribution in [0.5, 0.6) is 0 Å². The number of alkyl halides is 1. The highest BCUT2D eigenvalue weighted by atomic mass is 32.5. The zero-order valence-corrected chi connectivity index (χ0v) is 25.8. The number of phosphoric ester groups is 1. The Morgan fingerprint density at radius 3 is 2.60 bits per heavy atom. The van der Waals surface area contributed by atoms with E-state index in [2.05, 4.69) is 29.9 Å². The van der Waals surface area contributed by atoms with Gasteiger partial charge in [0.25, 0.3) is 5.56 Å². The fourth-order valence-electron chi connectivity index (χ4n) is 5.26. The number of thioether (sulfide) groups is 1. The van der Waals surface area contributed by atoms with E-state index < -0.39 is 80.8 Å². The Hall–Kier alpha value is -2.66. The number of H-pyrrole nitrogens is 1. The lowest BCUT2D eigenvalue weighted by atomic mass is 10.1. The average Bonchev–Trinajstić information content (AvgIpc) is 3.72. The number of nitrogens with zero attached hydrogens (tertiary/aromatic N) is 7. The van der Waals surface area contributed by atoms with E-state index in [-0.39, 0.29) is 34.1 Å². The maximum atomic E-state index is 15.9. The van der Waals surface area contributed by atoms with E-state index in [4.69, 9.17) is 46.1 Å². The molecule has 3 saturated heterocycles. The van der Waals surface area contributed by atoms with Crippen LogP contribution >= 0.6 is 26.3 Å². The number of phosphoric acid groups is 1. The summed E-state index contributed by atoms with van der Waals surface area (Å²) in [6.45, 7) is -5.53. The highest BCUT2D eigenvalue weighted by molar-refractivity contribution is 8.07. The number of hydrogen-bond acceptors (Lipinski definition) is 17. The molecule has 0 aromatic carbocycles. The normalized spacial score (nSPS) is 37.7. The largest absolute Gasteiger partial charge is 0.472 e. The second-order valence-electron chi connectivity index (χ2n) is 10.1. The number of hydrogen-bond donors (Lipinski definition) is 6. The van der Waals surface area contributed by atoms with Crippen molar-refractivity contribution in [2.75, 3.05) is 24.7 Å². The Morgan fingerprint density at radius 2 is 1.80 bits per heavy atom. The molecule has 10 atom stereocenters. The van der Waals surface area contributed by atoms with Gasteiger partial charge in [-0.1, -0.05) is 0 Å². The van der Waals surface area contributed by atoms with Crippen LogP contribution in [0.1, 0.15) is 11.6 Å². The lowest BCUT2D eigenvalue weighted by Gasteiger charge is -2.27. The quantitative estimate of drug-likeness (QED) is 0.143. The number of nitrogens with two attached hydrogens (primary N) is 2. The third-order valence-electron chi connectivity index (χ3n) is 7.28. The average molecular weight is 709 g/mol. The number of aromatic nitrogens is 8. The van der Waals surface area contributed by atoms with Gasteiger partial charge in [0.15, 0.2) is 35.0 Å². The van der Waals surface area contributed by atoms with E-state index in [1.807, 2.05) is 0 Å². The van der Waals surface area contributed by atoms with Crippen molar-refractivity contribution in [1.82, 2.24) is 39.0 Å². The molecule has 8 N–H and O–H groups in total. The number of nitrogens with one attached hydrogen (secondary N) is 1. The lowest BCUT2D eigenvalue weighted by molar-refractivity contribution is -0.0461. The van der Waals surface area contributed by atoms with E-state index in [1.54, 1.807) is 0 Å². The molecule has 7 rings (SSSR count). The molecule has 3 fully saturated rings. The number of fused-ring (bicyclic) bond motifs is 5. The molecule has 7 heterocycles. The van der Waals surface area contributed by atoms with Gasteiger partial charge in [0.2, 0.25) is 5.95 Å². The molecule has 2 bridgehead atoms. The molecule has 0 aliphatic carbocycles. The number of ether oxygens (including phenoxy) is 1. The first-order chi connectivity index (χ1) is 21.3. The molecule has 20 nitrogen and oxygen atoms in total. The summed E-state index contributed by atoms with van der Waals surface area (Å²) in [7, 11) is -5.03. The summed E-state index contributed by atoms with van der Waals surface area (Å²) in [4.78, 5) is 56.5. The van der Waals surface area contributed by atoms with Crippen molar-refractivity contribution < 1.29 is 46.7 Å². The van der Waals surface area contributed by atoms with Crippen LogP contribution in [-0.4, -0.2) is 103 Å². The van der Waals surface area contributed by atoms with Gasteiger partial charge >= 0.3 is 14.5 Å². The summed E-state index contributed by atoms with van der Waals surface area (Å²) in [5, 5.41) is 9.21. The minimum absolute atomic E-state index is 0.0295. The molecule has 0 saturated carbocycles. The number of anilines is 2. The Balaban J connectivity index is 1.21. The second-order valence-corrected chi connectivity index (χ2v) is 15.6. The minimum Gasteiger partial charge on any atom is -0.389 e. The molecule has 0 amide bonds. The van der Waals surface area contributed by atoms with Gasteiger partial charge < -0.3 is 35.6 Å². The van der Waals surface area contributed by atoms with E-state index >= 15 is 4.39 Å². The van der Waals surface area contributed by atoms with Gasteiger partial charge in [0.05, 0.1) is 37.2 Å².